The molecular formula is C18H21N4O3S+. The maximum Gasteiger partial charge on any atom is 0.271 e. The molecule has 26 heavy (non-hydrogen) atoms. The molecule has 1 saturated heterocycles. The van der Waals surface area contributed by atoms with Crippen LogP contribution in [0.5, 0.6) is 0 Å². The van der Waals surface area contributed by atoms with Crippen molar-refractivity contribution in [2.24, 2.45) is 0 Å². The highest BCUT2D eigenvalue weighted by atomic mass is 32.2. The van der Waals surface area contributed by atoms with E-state index >= 15 is 0 Å². The lowest BCUT2D eigenvalue weighted by atomic mass is 10.1. The lowest BCUT2D eigenvalue weighted by Crippen LogP contribution is -3.13. The molecule has 0 aliphatic carbocycles. The fraction of sp³-hybridized carbons (Fsp3) is 0.333. The molecule has 0 saturated carbocycles. The number of aromatic nitrogens is 2. The van der Waals surface area contributed by atoms with Gasteiger partial charge in [-0.1, -0.05) is 30.3 Å². The van der Waals surface area contributed by atoms with Crippen molar-refractivity contribution >= 4 is 20.8 Å². The van der Waals surface area contributed by atoms with E-state index in [1.807, 2.05) is 30.3 Å². The number of aryl methyl sites for hydroxylation is 1. The summed E-state index contributed by atoms with van der Waals surface area (Å²) in [5, 5.41) is 9.82. The molecule has 1 aliphatic heterocycles. The van der Waals surface area contributed by atoms with Crippen molar-refractivity contribution in [2.45, 2.75) is 18.4 Å². The fourth-order valence-corrected chi connectivity index (χ4v) is 4.80. The highest BCUT2D eigenvalue weighted by molar-refractivity contribution is 7.89. The van der Waals surface area contributed by atoms with Crippen LogP contribution in [-0.4, -0.2) is 49.1 Å². The standard InChI is InChI=1S/C18H20N4O3S/c1-14-19-20-18(25-14)13-21-8-10-22(11-9-21)26(23,24)17-7-6-15-4-2-3-5-16(15)12-17/h2-7,12H,8-11,13H2,1H3/p+1. The summed E-state index contributed by atoms with van der Waals surface area (Å²) in [7, 11) is -3.48. The second-order valence-electron chi connectivity index (χ2n) is 6.55. The molecule has 1 aliphatic rings. The molecule has 136 valence electrons. The van der Waals surface area contributed by atoms with Gasteiger partial charge in [0.15, 0.2) is 6.54 Å². The average Bonchev–Trinajstić information content (AvgIpc) is 3.06. The zero-order valence-corrected chi connectivity index (χ0v) is 15.4. The van der Waals surface area contributed by atoms with Crippen LogP contribution in [0.3, 0.4) is 0 Å². The quantitative estimate of drug-likeness (QED) is 0.725. The van der Waals surface area contributed by atoms with Crippen LogP contribution in [0, 0.1) is 6.92 Å². The van der Waals surface area contributed by atoms with Gasteiger partial charge in [-0.05, 0) is 22.9 Å². The summed E-state index contributed by atoms with van der Waals surface area (Å²) in [6, 6.07) is 13.1. The van der Waals surface area contributed by atoms with Crippen LogP contribution in [0.15, 0.2) is 51.8 Å². The molecule has 0 unspecified atom stereocenters. The number of sulfonamides is 1. The van der Waals surface area contributed by atoms with Crippen LogP contribution in [0.2, 0.25) is 0 Å². The van der Waals surface area contributed by atoms with E-state index in [2.05, 4.69) is 10.2 Å². The highest BCUT2D eigenvalue weighted by Gasteiger charge is 2.31. The van der Waals surface area contributed by atoms with Crippen LogP contribution >= 0.6 is 0 Å². The third-order valence-corrected chi connectivity index (χ3v) is 6.65. The number of quaternary nitrogens is 1. The fourth-order valence-electron chi connectivity index (χ4n) is 3.32. The first kappa shape index (κ1) is 17.1. The third-order valence-electron chi connectivity index (χ3n) is 4.76. The van der Waals surface area contributed by atoms with E-state index in [9.17, 15) is 8.42 Å². The molecule has 3 aromatic rings. The average molecular weight is 373 g/mol. The minimum atomic E-state index is -3.48. The summed E-state index contributed by atoms with van der Waals surface area (Å²) >= 11 is 0. The van der Waals surface area contributed by atoms with Crippen molar-refractivity contribution in [1.82, 2.24) is 14.5 Å². The number of nitrogens with zero attached hydrogens (tertiary/aromatic N) is 3. The molecule has 0 spiro atoms. The zero-order valence-electron chi connectivity index (χ0n) is 14.6. The Hall–Kier alpha value is -2.29. The minimum Gasteiger partial charge on any atom is -0.420 e. The van der Waals surface area contributed by atoms with Gasteiger partial charge in [-0.2, -0.15) is 4.31 Å². The summed E-state index contributed by atoms with van der Waals surface area (Å²) in [5.74, 6) is 1.15. The number of nitrogens with one attached hydrogen (secondary N) is 1. The molecule has 2 heterocycles. The van der Waals surface area contributed by atoms with E-state index in [4.69, 9.17) is 4.42 Å². The number of hydrogen-bond donors (Lipinski definition) is 1. The molecule has 1 aromatic heterocycles. The summed E-state index contributed by atoms with van der Waals surface area (Å²) in [6.45, 7) is 4.79. The van der Waals surface area contributed by atoms with E-state index in [0.717, 1.165) is 10.8 Å². The van der Waals surface area contributed by atoms with Gasteiger partial charge < -0.3 is 9.32 Å². The molecule has 1 N–H and O–H groups in total. The lowest BCUT2D eigenvalue weighted by molar-refractivity contribution is -0.918. The molecule has 0 radical (unpaired) electrons. The van der Waals surface area contributed by atoms with Gasteiger partial charge in [0.05, 0.1) is 31.1 Å². The molecule has 0 amide bonds. The number of piperazine rings is 1. The van der Waals surface area contributed by atoms with E-state index in [1.165, 1.54) is 4.90 Å². The van der Waals surface area contributed by atoms with Gasteiger partial charge >= 0.3 is 0 Å². The van der Waals surface area contributed by atoms with Crippen molar-refractivity contribution in [1.29, 1.82) is 0 Å². The maximum absolute atomic E-state index is 13.0. The Morgan fingerprint density at radius 3 is 2.50 bits per heavy atom. The highest BCUT2D eigenvalue weighted by Crippen LogP contribution is 2.21. The van der Waals surface area contributed by atoms with Gasteiger partial charge in [0.1, 0.15) is 0 Å². The van der Waals surface area contributed by atoms with Gasteiger partial charge in [-0.3, -0.25) is 0 Å². The Bertz CT molecular complexity index is 1020. The second kappa shape index (κ2) is 6.79. The molecule has 0 bridgehead atoms. The number of hydrogen-bond acceptors (Lipinski definition) is 5. The van der Waals surface area contributed by atoms with Gasteiger partial charge in [0.25, 0.3) is 5.89 Å². The number of benzene rings is 2. The number of fused-ring (bicyclic) bond motifs is 1. The van der Waals surface area contributed by atoms with Gasteiger partial charge in [0, 0.05) is 6.92 Å². The van der Waals surface area contributed by atoms with Gasteiger partial charge in [-0.15, -0.1) is 10.2 Å². The predicted octanol–water partition coefficient (Wildman–Crippen LogP) is 0.621. The van der Waals surface area contributed by atoms with E-state index in [0.29, 0.717) is 49.4 Å². The second-order valence-corrected chi connectivity index (χ2v) is 8.49. The van der Waals surface area contributed by atoms with Crippen molar-refractivity contribution in [2.75, 3.05) is 26.2 Å². The molecule has 7 nitrogen and oxygen atoms in total. The summed E-state index contributed by atoms with van der Waals surface area (Å²) < 4.78 is 32.9. The predicted molar refractivity (Wildman–Crippen MR) is 96.1 cm³/mol. The van der Waals surface area contributed by atoms with E-state index < -0.39 is 10.0 Å². The first-order chi connectivity index (χ1) is 12.5. The topological polar surface area (TPSA) is 80.7 Å². The maximum atomic E-state index is 13.0. The normalized spacial score (nSPS) is 17.0. The zero-order chi connectivity index (χ0) is 18.1. The smallest absolute Gasteiger partial charge is 0.271 e. The number of rotatable bonds is 4. The van der Waals surface area contributed by atoms with Crippen LogP contribution in [-0.2, 0) is 16.6 Å². The van der Waals surface area contributed by atoms with Crippen molar-refractivity contribution in [3.05, 3.63) is 54.2 Å². The molecular weight excluding hydrogens is 352 g/mol. The van der Waals surface area contributed by atoms with Gasteiger partial charge in [0.2, 0.25) is 15.9 Å². The first-order valence-corrected chi connectivity index (χ1v) is 10.1. The lowest BCUT2D eigenvalue weighted by Gasteiger charge is -2.30. The van der Waals surface area contributed by atoms with E-state index in [-0.39, 0.29) is 0 Å². The van der Waals surface area contributed by atoms with Crippen LogP contribution in [0.25, 0.3) is 10.8 Å². The largest absolute Gasteiger partial charge is 0.420 e. The summed E-state index contributed by atoms with van der Waals surface area (Å²) in [4.78, 5) is 1.60. The molecule has 1 fully saturated rings. The SMILES string of the molecule is Cc1nnc(C[NH+]2CCN(S(=O)(=O)c3ccc4ccccc4c3)CC2)o1. The van der Waals surface area contributed by atoms with E-state index in [1.54, 1.807) is 23.4 Å². The minimum absolute atomic E-state index is 0.354. The molecule has 0 atom stereocenters. The van der Waals surface area contributed by atoms with Crippen LogP contribution < -0.4 is 4.90 Å². The molecule has 4 rings (SSSR count). The Balaban J connectivity index is 1.46. The first-order valence-electron chi connectivity index (χ1n) is 8.64. The third kappa shape index (κ3) is 3.35. The van der Waals surface area contributed by atoms with Crippen molar-refractivity contribution in [3.63, 3.8) is 0 Å². The van der Waals surface area contributed by atoms with Crippen LogP contribution in [0.4, 0.5) is 0 Å². The Kier molecular flexibility index (Phi) is 4.47. The Morgan fingerprint density at radius 2 is 1.81 bits per heavy atom. The Labute approximate surface area is 152 Å². The molecule has 2 aromatic carbocycles. The summed E-state index contributed by atoms with van der Waals surface area (Å²) in [6.07, 6.45) is 0. The van der Waals surface area contributed by atoms with Gasteiger partial charge in [-0.25, -0.2) is 8.42 Å². The van der Waals surface area contributed by atoms with Crippen molar-refractivity contribution in [3.8, 4) is 0 Å². The Morgan fingerprint density at radius 1 is 1.08 bits per heavy atom. The molecule has 8 heteroatoms. The monoisotopic (exact) mass is 373 g/mol. The van der Waals surface area contributed by atoms with Crippen molar-refractivity contribution < 1.29 is 17.7 Å². The summed E-state index contributed by atoms with van der Waals surface area (Å²) in [5.41, 5.74) is 0. The van der Waals surface area contributed by atoms with Crippen LogP contribution in [0.1, 0.15) is 11.8 Å².